The lowest BCUT2D eigenvalue weighted by Gasteiger charge is -2.10. The minimum absolute atomic E-state index is 0.203. The monoisotopic (exact) mass is 317 g/mol. The summed E-state index contributed by atoms with van der Waals surface area (Å²) in [6.07, 6.45) is 1.03. The van der Waals surface area contributed by atoms with Gasteiger partial charge in [0.05, 0.1) is 4.90 Å². The van der Waals surface area contributed by atoms with Gasteiger partial charge >= 0.3 is 0 Å². The van der Waals surface area contributed by atoms with Crippen molar-refractivity contribution in [2.75, 3.05) is 0 Å². The largest absolute Gasteiger partial charge is 0.744 e. The molecule has 2 aromatic carbocycles. The van der Waals surface area contributed by atoms with Gasteiger partial charge in [0.25, 0.3) is 0 Å². The molecule has 0 saturated carbocycles. The first-order valence-electron chi connectivity index (χ1n) is 7.03. The van der Waals surface area contributed by atoms with Crippen LogP contribution in [0.2, 0.25) is 0 Å². The Morgan fingerprint density at radius 1 is 1.00 bits per heavy atom. The van der Waals surface area contributed by atoms with Crippen LogP contribution in [0.4, 0.5) is 0 Å². The first kappa shape index (κ1) is 16.4. The summed E-state index contributed by atoms with van der Waals surface area (Å²) in [7, 11) is -4.49. The van der Waals surface area contributed by atoms with Gasteiger partial charge in [-0.1, -0.05) is 38.1 Å². The average Bonchev–Trinajstić information content (AvgIpc) is 2.53. The van der Waals surface area contributed by atoms with E-state index in [4.69, 9.17) is 0 Å². The van der Waals surface area contributed by atoms with Crippen molar-refractivity contribution in [1.29, 1.82) is 0 Å². The first-order valence-corrected chi connectivity index (χ1v) is 8.44. The van der Waals surface area contributed by atoms with Gasteiger partial charge < -0.3 is 4.55 Å². The van der Waals surface area contributed by atoms with Gasteiger partial charge in [0.15, 0.2) is 5.78 Å². The zero-order chi connectivity index (χ0) is 16.3. The van der Waals surface area contributed by atoms with Gasteiger partial charge in [-0.15, -0.1) is 0 Å². The molecule has 5 heteroatoms. The fourth-order valence-corrected chi connectivity index (χ4v) is 2.61. The summed E-state index contributed by atoms with van der Waals surface area (Å²) in [4.78, 5) is 12.0. The molecule has 22 heavy (non-hydrogen) atoms. The molecule has 0 saturated heterocycles. The Morgan fingerprint density at radius 3 is 1.86 bits per heavy atom. The number of rotatable bonds is 5. The lowest BCUT2D eigenvalue weighted by atomic mass is 9.95. The normalized spacial score (nSPS) is 12.9. The van der Waals surface area contributed by atoms with Gasteiger partial charge in [-0.2, -0.15) is 0 Å². The predicted octanol–water partition coefficient (Wildman–Crippen LogP) is 3.34. The second-order valence-corrected chi connectivity index (χ2v) is 6.62. The highest BCUT2D eigenvalue weighted by Crippen LogP contribution is 2.20. The zero-order valence-electron chi connectivity index (χ0n) is 12.4. The second kappa shape index (κ2) is 6.42. The number of hydrogen-bond acceptors (Lipinski definition) is 4. The molecule has 0 N–H and O–H groups in total. The molecule has 0 amide bonds. The number of benzene rings is 2. The standard InChI is InChI=1S/C17H18O4S/c1-3-12(2)13-4-6-14(7-5-13)17(18)15-8-10-16(11-9-15)22(19,20)21/h4-12H,3H2,1-2H3,(H,19,20,21)/p-1. The van der Waals surface area contributed by atoms with Gasteiger partial charge in [-0.3, -0.25) is 4.79 Å². The molecule has 1 unspecified atom stereocenters. The van der Waals surface area contributed by atoms with Crippen molar-refractivity contribution in [2.24, 2.45) is 0 Å². The van der Waals surface area contributed by atoms with Crippen LogP contribution in [0.1, 0.15) is 47.7 Å². The molecule has 0 spiro atoms. The van der Waals surface area contributed by atoms with E-state index < -0.39 is 10.1 Å². The molecule has 0 heterocycles. The van der Waals surface area contributed by atoms with Crippen LogP contribution < -0.4 is 0 Å². The number of hydrogen-bond donors (Lipinski definition) is 0. The lowest BCUT2D eigenvalue weighted by molar-refractivity contribution is 0.103. The summed E-state index contributed by atoms with van der Waals surface area (Å²) < 4.78 is 32.6. The summed E-state index contributed by atoms with van der Waals surface area (Å²) in [6, 6.07) is 12.4. The van der Waals surface area contributed by atoms with Crippen LogP contribution in [-0.4, -0.2) is 18.8 Å². The van der Waals surface area contributed by atoms with Crippen molar-refractivity contribution in [3.8, 4) is 0 Å². The maximum absolute atomic E-state index is 12.3. The molecule has 0 radical (unpaired) electrons. The van der Waals surface area contributed by atoms with Crippen molar-refractivity contribution in [3.63, 3.8) is 0 Å². The molecule has 0 aliphatic carbocycles. The molecule has 0 aromatic heterocycles. The van der Waals surface area contributed by atoms with Crippen LogP contribution in [-0.2, 0) is 10.1 Å². The van der Waals surface area contributed by atoms with E-state index in [0.717, 1.165) is 18.6 Å². The number of ketones is 1. The predicted molar refractivity (Wildman–Crippen MR) is 83.0 cm³/mol. The van der Waals surface area contributed by atoms with E-state index in [0.29, 0.717) is 17.0 Å². The van der Waals surface area contributed by atoms with E-state index in [1.165, 1.54) is 17.7 Å². The molecule has 4 nitrogen and oxygen atoms in total. The summed E-state index contributed by atoms with van der Waals surface area (Å²) in [6.45, 7) is 4.23. The molecule has 0 bridgehead atoms. The van der Waals surface area contributed by atoms with Crippen LogP contribution in [0.3, 0.4) is 0 Å². The molecule has 0 fully saturated rings. The summed E-state index contributed by atoms with van der Waals surface area (Å²) >= 11 is 0. The van der Waals surface area contributed by atoms with E-state index in [2.05, 4.69) is 13.8 Å². The first-order chi connectivity index (χ1) is 10.3. The Morgan fingerprint density at radius 2 is 1.45 bits per heavy atom. The van der Waals surface area contributed by atoms with Crippen LogP contribution in [0, 0.1) is 0 Å². The maximum Gasteiger partial charge on any atom is 0.193 e. The van der Waals surface area contributed by atoms with Crippen LogP contribution >= 0.6 is 0 Å². The van der Waals surface area contributed by atoms with Crippen LogP contribution in [0.5, 0.6) is 0 Å². The third kappa shape index (κ3) is 3.61. The Kier molecular flexibility index (Phi) is 4.78. The van der Waals surface area contributed by atoms with E-state index in [9.17, 15) is 17.8 Å². The van der Waals surface area contributed by atoms with Crippen LogP contribution in [0.15, 0.2) is 53.4 Å². The third-order valence-electron chi connectivity index (χ3n) is 3.76. The van der Waals surface area contributed by atoms with E-state index in [-0.39, 0.29) is 10.7 Å². The van der Waals surface area contributed by atoms with Crippen molar-refractivity contribution in [3.05, 3.63) is 65.2 Å². The molecular weight excluding hydrogens is 300 g/mol. The Labute approximate surface area is 130 Å². The van der Waals surface area contributed by atoms with Crippen molar-refractivity contribution >= 4 is 15.9 Å². The van der Waals surface area contributed by atoms with E-state index in [1.54, 1.807) is 12.1 Å². The fourth-order valence-electron chi connectivity index (χ4n) is 2.14. The summed E-state index contributed by atoms with van der Waals surface area (Å²) in [5, 5.41) is 0. The topological polar surface area (TPSA) is 74.3 Å². The van der Waals surface area contributed by atoms with Gasteiger partial charge in [0.1, 0.15) is 10.1 Å². The quantitative estimate of drug-likeness (QED) is 0.626. The van der Waals surface area contributed by atoms with Gasteiger partial charge in [-0.05, 0) is 42.2 Å². The molecule has 0 aliphatic rings. The van der Waals surface area contributed by atoms with Gasteiger partial charge in [0.2, 0.25) is 0 Å². The molecule has 116 valence electrons. The number of carbonyl (C=O) groups is 1. The van der Waals surface area contributed by atoms with Crippen molar-refractivity contribution in [2.45, 2.75) is 31.1 Å². The Bertz CT molecular complexity index is 759. The molecular formula is C17H17O4S-. The average molecular weight is 317 g/mol. The minimum atomic E-state index is -4.49. The van der Waals surface area contributed by atoms with Crippen molar-refractivity contribution < 1.29 is 17.8 Å². The van der Waals surface area contributed by atoms with Gasteiger partial charge in [-0.25, -0.2) is 8.42 Å². The molecule has 2 aromatic rings. The Hall–Kier alpha value is -1.98. The highest BCUT2D eigenvalue weighted by atomic mass is 32.2. The number of carbonyl (C=O) groups excluding carboxylic acids is 1. The smallest absolute Gasteiger partial charge is 0.193 e. The molecule has 0 aliphatic heterocycles. The van der Waals surface area contributed by atoms with E-state index in [1.807, 2.05) is 12.1 Å². The van der Waals surface area contributed by atoms with Gasteiger partial charge in [0, 0.05) is 11.1 Å². The summed E-state index contributed by atoms with van der Waals surface area (Å²) in [5.74, 6) is 0.233. The highest BCUT2D eigenvalue weighted by molar-refractivity contribution is 7.85. The zero-order valence-corrected chi connectivity index (χ0v) is 13.3. The van der Waals surface area contributed by atoms with E-state index >= 15 is 0 Å². The lowest BCUT2D eigenvalue weighted by Crippen LogP contribution is -2.04. The molecule has 1 atom stereocenters. The fraction of sp³-hybridized carbons (Fsp3) is 0.235. The SMILES string of the molecule is CCC(C)c1ccc(C(=O)c2ccc(S(=O)(=O)[O-])cc2)cc1. The third-order valence-corrected chi connectivity index (χ3v) is 4.61. The highest BCUT2D eigenvalue weighted by Gasteiger charge is 2.11. The second-order valence-electron chi connectivity index (χ2n) is 5.24. The molecule has 2 rings (SSSR count). The minimum Gasteiger partial charge on any atom is -0.744 e. The maximum atomic E-state index is 12.3. The van der Waals surface area contributed by atoms with Crippen molar-refractivity contribution in [1.82, 2.24) is 0 Å². The summed E-state index contributed by atoms with van der Waals surface area (Å²) in [5.41, 5.74) is 2.06. The Balaban J connectivity index is 2.24. The van der Waals surface area contributed by atoms with Crippen LogP contribution in [0.25, 0.3) is 0 Å².